The van der Waals surface area contributed by atoms with Gasteiger partial charge in [0.2, 0.25) is 0 Å². The number of hydrogen-bond donors (Lipinski definition) is 3. The van der Waals surface area contributed by atoms with Crippen LogP contribution in [0.15, 0.2) is 68.6 Å². The molecule has 0 saturated heterocycles. The number of aromatic hydroxyl groups is 1. The summed E-state index contributed by atoms with van der Waals surface area (Å²) in [5, 5.41) is 23.1. The molecule has 0 radical (unpaired) electrons. The van der Waals surface area contributed by atoms with E-state index in [1.54, 1.807) is 36.4 Å². The van der Waals surface area contributed by atoms with E-state index in [0.717, 1.165) is 5.56 Å². The molecule has 0 heterocycles. The van der Waals surface area contributed by atoms with E-state index in [4.69, 9.17) is 14.6 Å². The number of halogens is 2. The van der Waals surface area contributed by atoms with Gasteiger partial charge in [-0.2, -0.15) is 5.10 Å². The van der Waals surface area contributed by atoms with Crippen molar-refractivity contribution in [2.24, 2.45) is 5.10 Å². The van der Waals surface area contributed by atoms with Gasteiger partial charge < -0.3 is 19.7 Å². The van der Waals surface area contributed by atoms with E-state index in [-0.39, 0.29) is 23.5 Å². The van der Waals surface area contributed by atoms with Gasteiger partial charge in [-0.25, -0.2) is 10.2 Å². The van der Waals surface area contributed by atoms with Gasteiger partial charge >= 0.3 is 5.97 Å². The number of carbonyl (C=O) groups excluding carboxylic acids is 1. The molecule has 33 heavy (non-hydrogen) atoms. The first-order chi connectivity index (χ1) is 15.8. The van der Waals surface area contributed by atoms with Crippen LogP contribution in [0.4, 0.5) is 0 Å². The number of phenolic OH excluding ortho intramolecular Hbond substituents is 1. The van der Waals surface area contributed by atoms with Crippen molar-refractivity contribution in [1.29, 1.82) is 0 Å². The Labute approximate surface area is 206 Å². The minimum absolute atomic E-state index is 0.0420. The number of benzene rings is 3. The molecule has 0 spiro atoms. The van der Waals surface area contributed by atoms with Crippen molar-refractivity contribution >= 4 is 50.0 Å². The Morgan fingerprint density at radius 3 is 2.52 bits per heavy atom. The fourth-order valence-corrected chi connectivity index (χ4v) is 4.03. The molecule has 0 aliphatic carbocycles. The predicted molar refractivity (Wildman–Crippen MR) is 129 cm³/mol. The van der Waals surface area contributed by atoms with Crippen molar-refractivity contribution in [1.82, 2.24) is 5.43 Å². The molecule has 170 valence electrons. The maximum atomic E-state index is 12.4. The Bertz CT molecular complexity index is 1210. The highest BCUT2D eigenvalue weighted by atomic mass is 79.9. The molecule has 0 aliphatic heterocycles. The molecule has 8 nitrogen and oxygen atoms in total. The molecular weight excluding hydrogens is 560 g/mol. The summed E-state index contributed by atoms with van der Waals surface area (Å²) in [6.07, 6.45) is 1.40. The summed E-state index contributed by atoms with van der Waals surface area (Å²) in [6.45, 7) is 0.160. The fourth-order valence-electron chi connectivity index (χ4n) is 2.81. The number of carboxylic acid groups (broad SMARTS) is 1. The lowest BCUT2D eigenvalue weighted by Crippen LogP contribution is -2.18. The quantitative estimate of drug-likeness (QED) is 0.257. The minimum Gasteiger partial charge on any atom is -0.506 e. The number of hydrogen-bond acceptors (Lipinski definition) is 6. The van der Waals surface area contributed by atoms with Crippen molar-refractivity contribution in [2.45, 2.75) is 6.61 Å². The molecule has 3 aromatic rings. The van der Waals surface area contributed by atoms with Crippen LogP contribution < -0.4 is 14.9 Å². The van der Waals surface area contributed by atoms with Crippen molar-refractivity contribution in [3.8, 4) is 17.2 Å². The summed E-state index contributed by atoms with van der Waals surface area (Å²) < 4.78 is 12.3. The third-order valence-electron chi connectivity index (χ3n) is 4.46. The number of phenols is 1. The first-order valence-corrected chi connectivity index (χ1v) is 11.0. The molecule has 0 fully saturated rings. The van der Waals surface area contributed by atoms with Crippen LogP contribution in [0.2, 0.25) is 0 Å². The number of carbonyl (C=O) groups is 2. The molecule has 0 bridgehead atoms. The van der Waals surface area contributed by atoms with Crippen LogP contribution >= 0.6 is 31.9 Å². The lowest BCUT2D eigenvalue weighted by Gasteiger charge is -2.13. The lowest BCUT2D eigenvalue weighted by molar-refractivity contribution is 0.0696. The molecule has 0 saturated carbocycles. The fraction of sp³-hybridized carbons (Fsp3) is 0.0870. The molecule has 0 unspecified atom stereocenters. The Kier molecular flexibility index (Phi) is 8.07. The number of para-hydroxylation sites is 1. The molecule has 1 amide bonds. The van der Waals surface area contributed by atoms with Crippen LogP contribution in [0.3, 0.4) is 0 Å². The van der Waals surface area contributed by atoms with Gasteiger partial charge in [0.15, 0.2) is 11.5 Å². The van der Waals surface area contributed by atoms with Gasteiger partial charge in [0, 0.05) is 10.0 Å². The van der Waals surface area contributed by atoms with Crippen LogP contribution in [0.5, 0.6) is 17.2 Å². The van der Waals surface area contributed by atoms with Gasteiger partial charge in [-0.05, 0) is 57.9 Å². The van der Waals surface area contributed by atoms with E-state index in [0.29, 0.717) is 26.0 Å². The zero-order valence-electron chi connectivity index (χ0n) is 17.2. The standard InChI is InChI=1S/C23H18Br2N2O6/c1-32-19-4-2-3-15(21(19)33-12-13-5-7-14(8-6-13)23(30)31)11-26-27-22(29)17-9-16(24)10-18(25)20(17)28/h2-11,28H,12H2,1H3,(H,27,29)(H,30,31)/b26-11-. The summed E-state index contributed by atoms with van der Waals surface area (Å²) >= 11 is 6.46. The average Bonchev–Trinajstić information content (AvgIpc) is 2.80. The van der Waals surface area contributed by atoms with Crippen molar-refractivity contribution in [3.05, 3.63) is 85.8 Å². The van der Waals surface area contributed by atoms with Crippen LogP contribution in [0.1, 0.15) is 31.8 Å². The number of nitrogens with one attached hydrogen (secondary N) is 1. The maximum absolute atomic E-state index is 12.4. The van der Waals surface area contributed by atoms with Gasteiger partial charge in [0.05, 0.1) is 28.9 Å². The van der Waals surface area contributed by atoms with Crippen LogP contribution in [0, 0.1) is 0 Å². The second-order valence-corrected chi connectivity index (χ2v) is 8.42. The number of hydrazone groups is 1. The molecule has 0 aromatic heterocycles. The zero-order valence-corrected chi connectivity index (χ0v) is 20.4. The van der Waals surface area contributed by atoms with Crippen molar-refractivity contribution in [2.75, 3.05) is 7.11 Å². The van der Waals surface area contributed by atoms with Gasteiger partial charge in [0.25, 0.3) is 5.91 Å². The highest BCUT2D eigenvalue weighted by Crippen LogP contribution is 2.32. The first kappa shape index (κ1) is 24.3. The molecule has 0 aliphatic rings. The van der Waals surface area contributed by atoms with E-state index in [1.807, 2.05) is 0 Å². The number of amides is 1. The molecule has 10 heteroatoms. The zero-order chi connectivity index (χ0) is 24.0. The number of methoxy groups -OCH3 is 1. The number of aromatic carboxylic acids is 1. The van der Waals surface area contributed by atoms with E-state index in [1.165, 1.54) is 31.5 Å². The van der Waals surface area contributed by atoms with E-state index in [2.05, 4.69) is 42.4 Å². The molecule has 3 rings (SSSR count). The minimum atomic E-state index is -1.00. The Hall–Kier alpha value is -3.37. The molecule has 3 aromatic carbocycles. The van der Waals surface area contributed by atoms with Crippen LogP contribution in [-0.4, -0.2) is 35.4 Å². The van der Waals surface area contributed by atoms with Gasteiger partial charge in [-0.3, -0.25) is 4.79 Å². The number of nitrogens with zero attached hydrogens (tertiary/aromatic N) is 1. The van der Waals surface area contributed by atoms with E-state index in [9.17, 15) is 14.7 Å². The van der Waals surface area contributed by atoms with Crippen LogP contribution in [-0.2, 0) is 6.61 Å². The number of rotatable bonds is 8. The second-order valence-electron chi connectivity index (χ2n) is 6.65. The largest absolute Gasteiger partial charge is 0.506 e. The smallest absolute Gasteiger partial charge is 0.335 e. The lowest BCUT2D eigenvalue weighted by atomic mass is 10.1. The molecule has 3 N–H and O–H groups in total. The van der Waals surface area contributed by atoms with E-state index < -0.39 is 11.9 Å². The topological polar surface area (TPSA) is 117 Å². The Morgan fingerprint density at radius 1 is 1.12 bits per heavy atom. The Morgan fingerprint density at radius 2 is 1.85 bits per heavy atom. The monoisotopic (exact) mass is 576 g/mol. The predicted octanol–water partition coefficient (Wildman–Crippen LogP) is 4.97. The number of ether oxygens (including phenoxy) is 2. The van der Waals surface area contributed by atoms with Gasteiger partial charge in [0.1, 0.15) is 12.4 Å². The SMILES string of the molecule is COc1cccc(/C=N\NC(=O)c2cc(Br)cc(Br)c2O)c1OCc1ccc(C(=O)O)cc1. The molecule has 0 atom stereocenters. The number of carboxylic acids is 1. The van der Waals surface area contributed by atoms with Gasteiger partial charge in [-0.15, -0.1) is 0 Å². The summed E-state index contributed by atoms with van der Waals surface area (Å²) in [5.74, 6) is -0.953. The second kappa shape index (κ2) is 11.0. The summed E-state index contributed by atoms with van der Waals surface area (Å²) in [6, 6.07) is 14.6. The molecular formula is C23H18Br2N2O6. The Balaban J connectivity index is 1.76. The third kappa shape index (κ3) is 6.11. The third-order valence-corrected chi connectivity index (χ3v) is 5.52. The highest BCUT2D eigenvalue weighted by Gasteiger charge is 2.15. The van der Waals surface area contributed by atoms with Gasteiger partial charge in [-0.1, -0.05) is 34.1 Å². The van der Waals surface area contributed by atoms with Crippen molar-refractivity contribution < 1.29 is 29.3 Å². The van der Waals surface area contributed by atoms with E-state index >= 15 is 0 Å². The average molecular weight is 578 g/mol. The first-order valence-electron chi connectivity index (χ1n) is 9.43. The summed E-state index contributed by atoms with van der Waals surface area (Å²) in [4.78, 5) is 23.4. The highest BCUT2D eigenvalue weighted by molar-refractivity contribution is 9.11. The maximum Gasteiger partial charge on any atom is 0.335 e. The van der Waals surface area contributed by atoms with Crippen LogP contribution in [0.25, 0.3) is 0 Å². The normalized spacial score (nSPS) is 10.8. The van der Waals surface area contributed by atoms with Crippen molar-refractivity contribution in [3.63, 3.8) is 0 Å². The summed E-state index contributed by atoms with van der Waals surface area (Å²) in [7, 11) is 1.50. The summed E-state index contributed by atoms with van der Waals surface area (Å²) in [5.41, 5.74) is 3.90.